The number of fused-ring (bicyclic) bond motifs is 1. The Morgan fingerprint density at radius 3 is 2.37 bits per heavy atom. The lowest BCUT2D eigenvalue weighted by atomic mass is 9.79. The van der Waals surface area contributed by atoms with E-state index in [1.807, 2.05) is 4.57 Å². The van der Waals surface area contributed by atoms with E-state index in [-0.39, 0.29) is 17.1 Å². The van der Waals surface area contributed by atoms with Crippen LogP contribution in [0.1, 0.15) is 103 Å². The van der Waals surface area contributed by atoms with Crippen molar-refractivity contribution in [2.45, 2.75) is 116 Å². The van der Waals surface area contributed by atoms with E-state index in [0.29, 0.717) is 18.6 Å². The summed E-state index contributed by atoms with van der Waals surface area (Å²) in [5.41, 5.74) is 3.56. The Bertz CT molecular complexity index is 1490. The van der Waals surface area contributed by atoms with Gasteiger partial charge in [-0.15, -0.1) is 0 Å². The highest BCUT2D eigenvalue weighted by Crippen LogP contribution is 2.40. The second kappa shape index (κ2) is 14.6. The quantitative estimate of drug-likeness (QED) is 0.235. The van der Waals surface area contributed by atoms with Gasteiger partial charge in [-0.3, -0.25) is 19.2 Å². The first-order chi connectivity index (χ1) is 22.4. The fourth-order valence-electron chi connectivity index (χ4n) is 8.98. The molecular weight excluding hydrogens is 568 g/mol. The highest BCUT2D eigenvalue weighted by Gasteiger charge is 2.40. The Balaban J connectivity index is 1.27. The number of benzene rings is 2. The summed E-state index contributed by atoms with van der Waals surface area (Å²) < 4.78 is 1.98. The molecule has 3 heterocycles. The van der Waals surface area contributed by atoms with Crippen LogP contribution in [0.4, 0.5) is 5.69 Å². The van der Waals surface area contributed by atoms with E-state index < -0.39 is 0 Å². The zero-order valence-corrected chi connectivity index (χ0v) is 29.2. The van der Waals surface area contributed by atoms with E-state index in [1.54, 1.807) is 0 Å². The molecule has 7 nitrogen and oxygen atoms in total. The molecule has 1 aliphatic carbocycles. The number of nitrogens with zero attached hydrogens (tertiary/aromatic N) is 5. The monoisotopic (exact) mass is 626 g/mol. The van der Waals surface area contributed by atoms with Crippen LogP contribution in [0.25, 0.3) is 10.9 Å². The van der Waals surface area contributed by atoms with Gasteiger partial charge in [-0.25, -0.2) is 4.98 Å². The summed E-state index contributed by atoms with van der Waals surface area (Å²) in [4.78, 5) is 27.3. The highest BCUT2D eigenvalue weighted by atomic mass is 16.1. The fraction of sp³-hybridized carbons (Fsp3) is 0.641. The van der Waals surface area contributed by atoms with Crippen LogP contribution >= 0.6 is 0 Å². The molecule has 2 aromatic carbocycles. The summed E-state index contributed by atoms with van der Waals surface area (Å²) in [5, 5.41) is 4.64. The SMILES string of the molecule is CCC[C@H](c1nc2ccc(N3CCC(c4ccccc4)(N(CC)CC)CC3)cc2c(=O)n1CC)N1C[C@H](CC2CCC2)N[C@H](C)C1. The average molecular weight is 627 g/mol. The minimum absolute atomic E-state index is 0.0517. The van der Waals surface area contributed by atoms with Gasteiger partial charge in [0.2, 0.25) is 0 Å². The second-order valence-corrected chi connectivity index (χ2v) is 14.3. The molecule has 0 amide bonds. The first-order valence-corrected chi connectivity index (χ1v) is 18.5. The molecule has 1 N–H and O–H groups in total. The van der Waals surface area contributed by atoms with E-state index >= 15 is 0 Å². The predicted octanol–water partition coefficient (Wildman–Crippen LogP) is 6.95. The molecule has 0 radical (unpaired) electrons. The van der Waals surface area contributed by atoms with Crippen LogP contribution in [-0.4, -0.2) is 70.7 Å². The molecule has 7 heteroatoms. The average Bonchev–Trinajstić information content (AvgIpc) is 3.06. The van der Waals surface area contributed by atoms with E-state index in [4.69, 9.17) is 4.98 Å². The number of anilines is 1. The van der Waals surface area contributed by atoms with Gasteiger partial charge in [0.15, 0.2) is 0 Å². The minimum Gasteiger partial charge on any atom is -0.371 e. The van der Waals surface area contributed by atoms with Crippen molar-refractivity contribution in [1.82, 2.24) is 24.7 Å². The molecule has 3 atom stereocenters. The Labute approximate surface area is 277 Å². The molecule has 250 valence electrons. The first-order valence-electron chi connectivity index (χ1n) is 18.5. The van der Waals surface area contributed by atoms with Gasteiger partial charge in [0, 0.05) is 56.0 Å². The summed E-state index contributed by atoms with van der Waals surface area (Å²) >= 11 is 0. The van der Waals surface area contributed by atoms with Crippen molar-refractivity contribution < 1.29 is 0 Å². The summed E-state index contributed by atoms with van der Waals surface area (Å²) in [5.74, 6) is 1.83. The van der Waals surface area contributed by atoms with E-state index in [1.165, 1.54) is 31.2 Å². The molecule has 1 aromatic heterocycles. The fourth-order valence-corrected chi connectivity index (χ4v) is 8.98. The normalized spacial score (nSPS) is 23.1. The van der Waals surface area contributed by atoms with Crippen molar-refractivity contribution in [3.05, 3.63) is 70.3 Å². The third kappa shape index (κ3) is 6.52. The Hall–Kier alpha value is -2.74. The van der Waals surface area contributed by atoms with Crippen LogP contribution in [0, 0.1) is 5.92 Å². The molecule has 3 fully saturated rings. The molecule has 3 aromatic rings. The zero-order valence-electron chi connectivity index (χ0n) is 29.2. The highest BCUT2D eigenvalue weighted by molar-refractivity contribution is 5.82. The summed E-state index contributed by atoms with van der Waals surface area (Å²) in [6.45, 7) is 17.9. The second-order valence-electron chi connectivity index (χ2n) is 14.3. The molecule has 0 unspecified atom stereocenters. The molecule has 46 heavy (non-hydrogen) atoms. The maximum absolute atomic E-state index is 14.2. The molecule has 0 spiro atoms. The maximum Gasteiger partial charge on any atom is 0.261 e. The number of aromatic nitrogens is 2. The predicted molar refractivity (Wildman–Crippen MR) is 192 cm³/mol. The molecule has 2 aliphatic heterocycles. The third-order valence-corrected chi connectivity index (χ3v) is 11.5. The molecule has 6 rings (SSSR count). The number of hydrogen-bond acceptors (Lipinski definition) is 6. The summed E-state index contributed by atoms with van der Waals surface area (Å²) in [7, 11) is 0. The number of hydrogen-bond donors (Lipinski definition) is 1. The third-order valence-electron chi connectivity index (χ3n) is 11.5. The van der Waals surface area contributed by atoms with Gasteiger partial charge in [-0.05, 0) is 82.3 Å². The zero-order chi connectivity index (χ0) is 32.3. The van der Waals surface area contributed by atoms with E-state index in [9.17, 15) is 4.79 Å². The van der Waals surface area contributed by atoms with Gasteiger partial charge in [0.05, 0.1) is 16.9 Å². The van der Waals surface area contributed by atoms with Crippen LogP contribution in [0.3, 0.4) is 0 Å². The van der Waals surface area contributed by atoms with Gasteiger partial charge in [0.25, 0.3) is 5.56 Å². The molecule has 1 saturated carbocycles. The lowest BCUT2D eigenvalue weighted by molar-refractivity contribution is 0.0699. The van der Waals surface area contributed by atoms with Crippen molar-refractivity contribution >= 4 is 16.6 Å². The van der Waals surface area contributed by atoms with Crippen molar-refractivity contribution in [1.29, 1.82) is 0 Å². The number of rotatable bonds is 12. The Morgan fingerprint density at radius 2 is 1.74 bits per heavy atom. The maximum atomic E-state index is 14.2. The molecule has 2 saturated heterocycles. The van der Waals surface area contributed by atoms with Crippen LogP contribution in [-0.2, 0) is 12.1 Å². The smallest absolute Gasteiger partial charge is 0.261 e. The van der Waals surface area contributed by atoms with Crippen LogP contribution in [0.2, 0.25) is 0 Å². The lowest BCUT2D eigenvalue weighted by Crippen LogP contribution is -2.57. The Morgan fingerprint density at radius 1 is 1.00 bits per heavy atom. The molecule has 3 aliphatic rings. The van der Waals surface area contributed by atoms with Gasteiger partial charge < -0.3 is 10.2 Å². The van der Waals surface area contributed by atoms with Crippen LogP contribution < -0.4 is 15.8 Å². The van der Waals surface area contributed by atoms with Crippen molar-refractivity contribution in [2.24, 2.45) is 5.92 Å². The largest absolute Gasteiger partial charge is 0.371 e. The molecular formula is C39H58N6O. The Kier molecular flexibility index (Phi) is 10.5. The van der Waals surface area contributed by atoms with Crippen LogP contribution in [0.15, 0.2) is 53.3 Å². The standard InChI is InChI=1S/C39H58N6O/c1-6-14-36(43-27-29(5)40-32(28-43)25-30-15-13-16-30)37-41-35-20-19-33(26-34(35)38(46)45(37)9-4)42-23-21-39(22-24-42,44(7-2)8-3)31-17-11-10-12-18-31/h10-12,17-20,26,29-30,32,36,40H,6-9,13-16,21-25,27-28H2,1-5H3/t29-,32+,36-/m1/s1. The lowest BCUT2D eigenvalue weighted by Gasteiger charge is -2.49. The molecule has 0 bridgehead atoms. The minimum atomic E-state index is 0.0517. The summed E-state index contributed by atoms with van der Waals surface area (Å²) in [6.07, 6.45) is 9.65. The number of nitrogens with one attached hydrogen (secondary N) is 1. The summed E-state index contributed by atoms with van der Waals surface area (Å²) in [6, 6.07) is 18.7. The van der Waals surface area contributed by atoms with Crippen molar-refractivity contribution in [3.8, 4) is 0 Å². The van der Waals surface area contributed by atoms with E-state index in [0.717, 1.165) is 93.3 Å². The van der Waals surface area contributed by atoms with Gasteiger partial charge in [0.1, 0.15) is 5.82 Å². The van der Waals surface area contributed by atoms with Gasteiger partial charge in [-0.1, -0.05) is 76.8 Å². The van der Waals surface area contributed by atoms with E-state index in [2.05, 4.69) is 103 Å². The van der Waals surface area contributed by atoms with Gasteiger partial charge in [-0.2, -0.15) is 0 Å². The van der Waals surface area contributed by atoms with Crippen LogP contribution in [0.5, 0.6) is 0 Å². The van der Waals surface area contributed by atoms with Crippen molar-refractivity contribution in [2.75, 3.05) is 44.2 Å². The number of piperazine rings is 1. The first kappa shape index (κ1) is 33.2. The van der Waals surface area contributed by atoms with Crippen molar-refractivity contribution in [3.63, 3.8) is 0 Å². The number of piperidine rings is 1. The van der Waals surface area contributed by atoms with Gasteiger partial charge >= 0.3 is 0 Å². The topological polar surface area (TPSA) is 56.6 Å².